The summed E-state index contributed by atoms with van der Waals surface area (Å²) < 4.78 is 0. The SMILES string of the molecule is C1CCNCC1.[Cl][Pd][Cl]. The summed E-state index contributed by atoms with van der Waals surface area (Å²) in [5.41, 5.74) is 0. The zero-order valence-corrected chi connectivity index (χ0v) is 8.17. The molecule has 0 radical (unpaired) electrons. The Kier molecular flexibility index (Phi) is 10.4. The average Bonchev–Trinajstić information content (AvgIpc) is 1.93. The van der Waals surface area contributed by atoms with Gasteiger partial charge in [0.1, 0.15) is 0 Å². The van der Waals surface area contributed by atoms with Crippen molar-refractivity contribution in [2.45, 2.75) is 19.3 Å². The van der Waals surface area contributed by atoms with Crippen LogP contribution >= 0.6 is 19.1 Å². The monoisotopic (exact) mass is 261 g/mol. The third kappa shape index (κ3) is 9.20. The first-order chi connectivity index (χ1) is 4.41. The summed E-state index contributed by atoms with van der Waals surface area (Å²) in [6.45, 7) is 2.50. The molecule has 60 valence electrons. The molecule has 0 saturated carbocycles. The van der Waals surface area contributed by atoms with E-state index in [0.29, 0.717) is 0 Å². The number of halogens is 2. The van der Waals surface area contributed by atoms with Crippen molar-refractivity contribution >= 4 is 19.1 Å². The molecule has 4 heteroatoms. The predicted molar refractivity (Wildman–Crippen MR) is 38.4 cm³/mol. The third-order valence-corrected chi connectivity index (χ3v) is 1.21. The van der Waals surface area contributed by atoms with Crippen molar-refractivity contribution in [1.82, 2.24) is 5.32 Å². The standard InChI is InChI=1S/C5H11N.2ClH.Pd/c1-2-4-6-5-3-1;;;/h6H,1-5H2;2*1H;/q;;;+2/p-2. The summed E-state index contributed by atoms with van der Waals surface area (Å²) in [5, 5.41) is 3.28. The Hall–Kier alpha value is 1.20. The molecule has 0 aromatic rings. The summed E-state index contributed by atoms with van der Waals surface area (Å²) in [6, 6.07) is 0. The molecule has 0 aliphatic carbocycles. The molecule has 1 rings (SSSR count). The number of rotatable bonds is 0. The molecule has 1 aliphatic rings. The maximum atomic E-state index is 4.81. The summed E-state index contributed by atoms with van der Waals surface area (Å²) in [7, 11) is 9.63. The van der Waals surface area contributed by atoms with Crippen molar-refractivity contribution in [2.24, 2.45) is 0 Å². The minimum absolute atomic E-state index is 0.106. The normalized spacial score (nSPS) is 18.4. The molecule has 0 bridgehead atoms. The molecule has 0 unspecified atom stereocenters. The Bertz CT molecular complexity index is 38.7. The first-order valence-corrected chi connectivity index (χ1v) is 6.95. The first kappa shape index (κ1) is 10.2. The van der Waals surface area contributed by atoms with E-state index in [1.54, 1.807) is 0 Å². The van der Waals surface area contributed by atoms with Gasteiger partial charge in [-0.3, -0.25) is 0 Å². The van der Waals surface area contributed by atoms with E-state index in [1.165, 1.54) is 32.4 Å². The molecule has 1 aliphatic heterocycles. The Morgan fingerprint density at radius 1 is 1.00 bits per heavy atom. The molecule has 9 heavy (non-hydrogen) atoms. The van der Waals surface area contributed by atoms with Crippen molar-refractivity contribution in [3.05, 3.63) is 0 Å². The van der Waals surface area contributed by atoms with E-state index in [4.69, 9.17) is 19.1 Å². The van der Waals surface area contributed by atoms with Gasteiger partial charge in [0.25, 0.3) is 0 Å². The fourth-order valence-electron chi connectivity index (χ4n) is 0.802. The Balaban J connectivity index is 0.000000187. The number of hydrogen-bond donors (Lipinski definition) is 1. The summed E-state index contributed by atoms with van der Waals surface area (Å²) in [6.07, 6.45) is 4.22. The molecule has 0 spiro atoms. The fourth-order valence-corrected chi connectivity index (χ4v) is 0.802. The molecule has 0 aromatic carbocycles. The number of nitrogens with one attached hydrogen (secondary N) is 1. The summed E-state index contributed by atoms with van der Waals surface area (Å²) >= 11 is -0.106. The fraction of sp³-hybridized carbons (Fsp3) is 1.00. The van der Waals surface area contributed by atoms with Gasteiger partial charge in [0.15, 0.2) is 0 Å². The van der Waals surface area contributed by atoms with Gasteiger partial charge < -0.3 is 5.32 Å². The topological polar surface area (TPSA) is 12.0 Å². The van der Waals surface area contributed by atoms with Crippen molar-refractivity contribution in [3.63, 3.8) is 0 Å². The van der Waals surface area contributed by atoms with E-state index in [2.05, 4.69) is 5.32 Å². The quantitative estimate of drug-likeness (QED) is 0.660. The molecule has 0 aromatic heterocycles. The van der Waals surface area contributed by atoms with E-state index in [9.17, 15) is 0 Å². The van der Waals surface area contributed by atoms with Gasteiger partial charge in [0.05, 0.1) is 0 Å². The van der Waals surface area contributed by atoms with Gasteiger partial charge in [0, 0.05) is 0 Å². The Morgan fingerprint density at radius 2 is 1.44 bits per heavy atom. The second-order valence-corrected chi connectivity index (χ2v) is 4.22. The zero-order valence-electron chi connectivity index (χ0n) is 5.11. The van der Waals surface area contributed by atoms with E-state index >= 15 is 0 Å². The number of piperidine rings is 1. The molecule has 1 fully saturated rings. The van der Waals surface area contributed by atoms with Gasteiger partial charge in [-0.2, -0.15) is 0 Å². The van der Waals surface area contributed by atoms with Crippen LogP contribution in [0.2, 0.25) is 0 Å². The average molecular weight is 262 g/mol. The van der Waals surface area contributed by atoms with Crippen molar-refractivity contribution < 1.29 is 15.9 Å². The second-order valence-electron chi connectivity index (χ2n) is 1.86. The van der Waals surface area contributed by atoms with Crippen LogP contribution in [0.5, 0.6) is 0 Å². The molecule has 1 nitrogen and oxygen atoms in total. The second kappa shape index (κ2) is 9.20. The van der Waals surface area contributed by atoms with E-state index in [0.717, 1.165) is 0 Å². The van der Waals surface area contributed by atoms with Crippen LogP contribution in [0.15, 0.2) is 0 Å². The molecule has 1 N–H and O–H groups in total. The van der Waals surface area contributed by atoms with Gasteiger partial charge in [-0.1, -0.05) is 6.42 Å². The van der Waals surface area contributed by atoms with Gasteiger partial charge in [-0.15, -0.1) is 0 Å². The van der Waals surface area contributed by atoms with Crippen molar-refractivity contribution in [2.75, 3.05) is 13.1 Å². The van der Waals surface area contributed by atoms with Gasteiger partial charge in [-0.05, 0) is 25.9 Å². The molecule has 0 atom stereocenters. The van der Waals surface area contributed by atoms with Crippen LogP contribution in [0.25, 0.3) is 0 Å². The molecule has 1 heterocycles. The summed E-state index contributed by atoms with van der Waals surface area (Å²) in [4.78, 5) is 0. The van der Waals surface area contributed by atoms with Crippen molar-refractivity contribution in [1.29, 1.82) is 0 Å². The van der Waals surface area contributed by atoms with Crippen LogP contribution in [0, 0.1) is 0 Å². The first-order valence-electron chi connectivity index (χ1n) is 2.95. The van der Waals surface area contributed by atoms with E-state index in [-0.39, 0.29) is 15.9 Å². The van der Waals surface area contributed by atoms with E-state index < -0.39 is 0 Å². The maximum absolute atomic E-state index is 4.81. The van der Waals surface area contributed by atoms with E-state index in [1.807, 2.05) is 0 Å². The molecular weight excluding hydrogens is 251 g/mol. The Labute approximate surface area is 72.6 Å². The van der Waals surface area contributed by atoms with Crippen LogP contribution in [0.1, 0.15) is 19.3 Å². The van der Waals surface area contributed by atoms with Crippen LogP contribution in [-0.4, -0.2) is 13.1 Å². The molecular formula is C5H11Cl2NPd. The van der Waals surface area contributed by atoms with Crippen LogP contribution in [0.3, 0.4) is 0 Å². The van der Waals surface area contributed by atoms with Gasteiger partial charge >= 0.3 is 35.0 Å². The minimum atomic E-state index is -0.106. The predicted octanol–water partition coefficient (Wildman–Crippen LogP) is 2.14. The molecule has 0 amide bonds. The third-order valence-electron chi connectivity index (χ3n) is 1.21. The zero-order chi connectivity index (χ0) is 6.95. The molecule has 1 saturated heterocycles. The van der Waals surface area contributed by atoms with Gasteiger partial charge in [0.2, 0.25) is 0 Å². The van der Waals surface area contributed by atoms with Crippen LogP contribution < -0.4 is 5.32 Å². The van der Waals surface area contributed by atoms with Gasteiger partial charge in [-0.25, -0.2) is 0 Å². The van der Waals surface area contributed by atoms with Crippen LogP contribution in [-0.2, 0) is 15.9 Å². The Morgan fingerprint density at radius 3 is 1.56 bits per heavy atom. The van der Waals surface area contributed by atoms with Crippen LogP contribution in [0.4, 0.5) is 0 Å². The van der Waals surface area contributed by atoms with Crippen molar-refractivity contribution in [3.8, 4) is 0 Å². The number of hydrogen-bond acceptors (Lipinski definition) is 1. The summed E-state index contributed by atoms with van der Waals surface area (Å²) in [5.74, 6) is 0.